The molecule has 0 saturated carbocycles. The molecule has 0 saturated heterocycles. The Balaban J connectivity index is 0.00000106. The van der Waals surface area contributed by atoms with Crippen molar-refractivity contribution in [3.63, 3.8) is 0 Å². The van der Waals surface area contributed by atoms with Crippen LogP contribution in [-0.4, -0.2) is 18.8 Å². The van der Waals surface area contributed by atoms with E-state index in [1.54, 1.807) is 19.1 Å². The van der Waals surface area contributed by atoms with Gasteiger partial charge in [0.15, 0.2) is 0 Å². The number of hydrazine groups is 1. The number of hydrogen-bond acceptors (Lipinski definition) is 4. The first kappa shape index (κ1) is 14.5. The van der Waals surface area contributed by atoms with Crippen LogP contribution in [0.3, 0.4) is 0 Å². The van der Waals surface area contributed by atoms with Crippen molar-refractivity contribution in [1.29, 1.82) is 0 Å². The fraction of sp³-hybridized carbons (Fsp3) is 0.222. The number of nitrogens with zero attached hydrogens (tertiary/aromatic N) is 2. The van der Waals surface area contributed by atoms with E-state index in [1.807, 2.05) is 6.92 Å². The molecular formula is C9H14N4O2S. The van der Waals surface area contributed by atoms with Gasteiger partial charge in [0.2, 0.25) is 0 Å². The van der Waals surface area contributed by atoms with Crippen LogP contribution in [0, 0.1) is 13.8 Å². The largest absolute Gasteiger partial charge is 0.374 e. The van der Waals surface area contributed by atoms with Crippen molar-refractivity contribution < 1.29 is 13.2 Å². The van der Waals surface area contributed by atoms with Crippen molar-refractivity contribution in [2.24, 2.45) is 11.7 Å². The van der Waals surface area contributed by atoms with Gasteiger partial charge in [0, 0.05) is 0 Å². The Morgan fingerprint density at radius 1 is 1.31 bits per heavy atom. The summed E-state index contributed by atoms with van der Waals surface area (Å²) >= 11 is 0. The smallest absolute Gasteiger partial charge is 0.361 e. The monoisotopic (exact) mass is 242 g/mol. The van der Waals surface area contributed by atoms with Crippen LogP contribution in [0.25, 0.3) is 5.53 Å². The third kappa shape index (κ3) is 3.56. The van der Waals surface area contributed by atoms with E-state index in [2.05, 4.69) is 16.5 Å². The molecule has 88 valence electrons. The minimum absolute atomic E-state index is 0.168. The minimum Gasteiger partial charge on any atom is -0.361 e. The summed E-state index contributed by atoms with van der Waals surface area (Å²) in [4.78, 5) is 2.70. The minimum atomic E-state index is -3.60. The summed E-state index contributed by atoms with van der Waals surface area (Å²) in [6.45, 7) is 3.58. The predicted molar refractivity (Wildman–Crippen MR) is 61.2 cm³/mol. The lowest BCUT2D eigenvalue weighted by atomic mass is 10.2. The van der Waals surface area contributed by atoms with Crippen LogP contribution in [0.1, 0.15) is 11.1 Å². The lowest BCUT2D eigenvalue weighted by Gasteiger charge is -2.01. The molecule has 7 heteroatoms. The molecule has 16 heavy (non-hydrogen) atoms. The van der Waals surface area contributed by atoms with Gasteiger partial charge in [0.25, 0.3) is 9.84 Å². The van der Waals surface area contributed by atoms with Gasteiger partial charge >= 0.3 is 5.55 Å². The Morgan fingerprint density at radius 2 is 1.88 bits per heavy atom. The zero-order valence-corrected chi connectivity index (χ0v) is 9.90. The van der Waals surface area contributed by atoms with Gasteiger partial charge in [0.1, 0.15) is 0 Å². The van der Waals surface area contributed by atoms with Gasteiger partial charge in [0.05, 0.1) is 4.90 Å². The van der Waals surface area contributed by atoms with Crippen molar-refractivity contribution in [1.82, 2.24) is 0 Å². The van der Waals surface area contributed by atoms with Crippen molar-refractivity contribution in [2.75, 3.05) is 0 Å². The van der Waals surface area contributed by atoms with E-state index in [0.717, 1.165) is 5.56 Å². The van der Waals surface area contributed by atoms with Gasteiger partial charge in [-0.15, -0.1) is 0 Å². The maximum atomic E-state index is 11.5. The van der Waals surface area contributed by atoms with Gasteiger partial charge in [-0.3, -0.25) is 11.7 Å². The molecule has 0 radical (unpaired) electrons. The highest BCUT2D eigenvalue weighted by Crippen LogP contribution is 2.16. The lowest BCUT2D eigenvalue weighted by Crippen LogP contribution is -2.04. The molecule has 0 amide bonds. The molecular weight excluding hydrogens is 228 g/mol. The summed E-state index contributed by atoms with van der Waals surface area (Å²) < 4.78 is 22.9. The average molecular weight is 242 g/mol. The fourth-order valence-corrected chi connectivity index (χ4v) is 2.24. The molecule has 0 fully saturated rings. The summed E-state index contributed by atoms with van der Waals surface area (Å²) in [7, 11) is -3.60. The number of nitrogens with two attached hydrogens (primary N) is 2. The van der Waals surface area contributed by atoms with E-state index in [1.165, 1.54) is 6.07 Å². The highest BCUT2D eigenvalue weighted by Gasteiger charge is 2.18. The van der Waals surface area contributed by atoms with Gasteiger partial charge in [-0.25, -0.2) is 8.42 Å². The molecule has 1 rings (SSSR count). The van der Waals surface area contributed by atoms with Gasteiger partial charge < -0.3 is 5.53 Å². The SMILES string of the molecule is Cc1ccc(S(=O)(=O)C=[N+]=[N-])c(C)c1.NN. The topological polar surface area (TPSA) is 123 Å². The first-order valence-corrected chi connectivity index (χ1v) is 5.85. The molecule has 0 aliphatic heterocycles. The zero-order valence-electron chi connectivity index (χ0n) is 9.08. The zero-order chi connectivity index (χ0) is 12.8. The Morgan fingerprint density at radius 3 is 2.31 bits per heavy atom. The molecule has 0 spiro atoms. The summed E-state index contributed by atoms with van der Waals surface area (Å²) in [5, 5.41) is 0. The number of hydrogen-bond donors (Lipinski definition) is 2. The van der Waals surface area contributed by atoms with Crippen LogP contribution in [-0.2, 0) is 9.84 Å². The number of aryl methyl sites for hydroxylation is 2. The maximum Gasteiger partial charge on any atom is 0.374 e. The van der Waals surface area contributed by atoms with E-state index < -0.39 is 9.84 Å². The summed E-state index contributed by atoms with van der Waals surface area (Å²) in [5.41, 5.74) is 10.4. The van der Waals surface area contributed by atoms with Gasteiger partial charge in [-0.2, -0.15) is 4.79 Å². The second kappa shape index (κ2) is 6.14. The Hall–Kier alpha value is -1.53. The third-order valence-electron chi connectivity index (χ3n) is 1.82. The molecule has 0 aromatic heterocycles. The summed E-state index contributed by atoms with van der Waals surface area (Å²) in [6, 6.07) is 4.96. The van der Waals surface area contributed by atoms with Crippen molar-refractivity contribution in [3.8, 4) is 0 Å². The van der Waals surface area contributed by atoms with E-state index in [0.29, 0.717) is 11.1 Å². The average Bonchev–Trinajstić information content (AvgIpc) is 2.19. The molecule has 0 bridgehead atoms. The molecule has 0 unspecified atom stereocenters. The molecule has 0 heterocycles. The highest BCUT2D eigenvalue weighted by atomic mass is 32.2. The fourth-order valence-electron chi connectivity index (χ4n) is 1.24. The molecule has 6 nitrogen and oxygen atoms in total. The number of sulfone groups is 1. The van der Waals surface area contributed by atoms with Crippen LogP contribution in [0.5, 0.6) is 0 Å². The maximum absolute atomic E-state index is 11.5. The van der Waals surface area contributed by atoms with Gasteiger partial charge in [-0.1, -0.05) is 17.7 Å². The summed E-state index contributed by atoms with van der Waals surface area (Å²) in [5.74, 6) is 8.00. The molecule has 0 aliphatic carbocycles. The number of rotatable bonds is 2. The molecule has 0 atom stereocenters. The third-order valence-corrected chi connectivity index (χ3v) is 3.27. The predicted octanol–water partition coefficient (Wildman–Crippen LogP) is 0.154. The second-order valence-corrected chi connectivity index (χ2v) is 4.78. The van der Waals surface area contributed by atoms with Crippen LogP contribution in [0.15, 0.2) is 23.1 Å². The van der Waals surface area contributed by atoms with Crippen LogP contribution >= 0.6 is 0 Å². The molecule has 4 N–H and O–H groups in total. The number of benzene rings is 1. The van der Waals surface area contributed by atoms with E-state index in [4.69, 9.17) is 5.53 Å². The van der Waals surface area contributed by atoms with Crippen molar-refractivity contribution >= 4 is 15.4 Å². The Bertz CT molecular complexity index is 504. The summed E-state index contributed by atoms with van der Waals surface area (Å²) in [6.07, 6.45) is 0. The Labute approximate surface area is 94.4 Å². The van der Waals surface area contributed by atoms with E-state index >= 15 is 0 Å². The Kier molecular flexibility index (Phi) is 5.55. The van der Waals surface area contributed by atoms with Gasteiger partial charge in [-0.05, 0) is 25.5 Å². The molecule has 1 aromatic carbocycles. The van der Waals surface area contributed by atoms with Crippen molar-refractivity contribution in [3.05, 3.63) is 34.9 Å². The highest BCUT2D eigenvalue weighted by molar-refractivity contribution is 8.04. The van der Waals surface area contributed by atoms with Crippen LogP contribution in [0.2, 0.25) is 0 Å². The first-order valence-electron chi connectivity index (χ1n) is 4.30. The normalized spacial score (nSPS) is 9.75. The van der Waals surface area contributed by atoms with Crippen LogP contribution in [0.4, 0.5) is 0 Å². The molecule has 1 aromatic rings. The standard InChI is InChI=1S/C9H10N2O2S.H4N2/c1-7-3-4-9(8(2)5-7)14(12,13)6-11-10;1-2/h3-6H,1-2H3;1-2H2. The van der Waals surface area contributed by atoms with E-state index in [-0.39, 0.29) is 4.90 Å². The van der Waals surface area contributed by atoms with Crippen molar-refractivity contribution in [2.45, 2.75) is 18.7 Å². The first-order chi connectivity index (χ1) is 7.47. The van der Waals surface area contributed by atoms with Crippen LogP contribution < -0.4 is 11.7 Å². The lowest BCUT2D eigenvalue weighted by molar-refractivity contribution is 0.00753. The second-order valence-electron chi connectivity index (χ2n) is 3.03. The quantitative estimate of drug-likeness (QED) is 0.191. The van der Waals surface area contributed by atoms with E-state index in [9.17, 15) is 8.42 Å². The molecule has 0 aliphatic rings.